The molecule has 2 aromatic rings. The van der Waals surface area contributed by atoms with Crippen molar-refractivity contribution in [3.63, 3.8) is 0 Å². The van der Waals surface area contributed by atoms with Gasteiger partial charge in [-0.05, 0) is 31.5 Å². The molecule has 0 aliphatic rings. The molecule has 0 aromatic carbocycles. The van der Waals surface area contributed by atoms with Crippen molar-refractivity contribution in [3.05, 3.63) is 36.0 Å². The molecule has 5 nitrogen and oxygen atoms in total. The van der Waals surface area contributed by atoms with E-state index in [4.69, 9.17) is 9.52 Å². The van der Waals surface area contributed by atoms with Crippen LogP contribution in [-0.2, 0) is 11.2 Å². The molecule has 0 amide bonds. The number of carbonyl (C=O) groups is 1. The summed E-state index contributed by atoms with van der Waals surface area (Å²) in [5.74, 6) is 1.38. The van der Waals surface area contributed by atoms with Crippen LogP contribution in [0.25, 0.3) is 11.5 Å². The largest absolute Gasteiger partial charge is 0.481 e. The molecule has 2 aromatic heterocycles. The Morgan fingerprint density at radius 1 is 1.39 bits per heavy atom. The Morgan fingerprint density at radius 2 is 2.22 bits per heavy atom. The third-order valence-electron chi connectivity index (χ3n) is 2.49. The highest BCUT2D eigenvalue weighted by Gasteiger charge is 2.06. The molecule has 0 unspecified atom stereocenters. The Balaban J connectivity index is 2.08. The van der Waals surface area contributed by atoms with E-state index in [1.165, 1.54) is 0 Å². The maximum absolute atomic E-state index is 10.4. The molecule has 5 heteroatoms. The van der Waals surface area contributed by atoms with Crippen LogP contribution in [0.5, 0.6) is 0 Å². The number of aromatic nitrogens is 2. The van der Waals surface area contributed by atoms with Crippen molar-refractivity contribution >= 4 is 5.97 Å². The second-order valence-corrected chi connectivity index (χ2v) is 4.02. The van der Waals surface area contributed by atoms with Crippen LogP contribution in [-0.4, -0.2) is 21.0 Å². The Morgan fingerprint density at radius 3 is 2.89 bits per heavy atom. The highest BCUT2D eigenvalue weighted by Crippen LogP contribution is 2.19. The molecule has 2 heterocycles. The lowest BCUT2D eigenvalue weighted by atomic mass is 10.2. The first-order chi connectivity index (χ1) is 8.65. The molecule has 18 heavy (non-hydrogen) atoms. The molecule has 0 spiro atoms. The Bertz CT molecular complexity index is 549. The number of carboxylic acid groups (broad SMARTS) is 1. The smallest absolute Gasteiger partial charge is 0.303 e. The van der Waals surface area contributed by atoms with Crippen LogP contribution in [0, 0.1) is 6.92 Å². The van der Waals surface area contributed by atoms with Crippen molar-refractivity contribution in [1.29, 1.82) is 0 Å². The molecule has 0 radical (unpaired) electrons. The molecular formula is C13H14N2O3. The van der Waals surface area contributed by atoms with Crippen molar-refractivity contribution in [2.75, 3.05) is 0 Å². The van der Waals surface area contributed by atoms with Gasteiger partial charge < -0.3 is 9.52 Å². The van der Waals surface area contributed by atoms with Gasteiger partial charge in [-0.1, -0.05) is 0 Å². The van der Waals surface area contributed by atoms with E-state index in [0.717, 1.165) is 11.5 Å². The first-order valence-electron chi connectivity index (χ1n) is 5.75. The Hall–Kier alpha value is -2.17. The lowest BCUT2D eigenvalue weighted by Crippen LogP contribution is -2.00. The van der Waals surface area contributed by atoms with Gasteiger partial charge in [-0.25, -0.2) is 9.97 Å². The Kier molecular flexibility index (Phi) is 3.72. The molecule has 0 aliphatic heterocycles. The fraction of sp³-hybridized carbons (Fsp3) is 0.308. The van der Waals surface area contributed by atoms with E-state index in [0.29, 0.717) is 24.4 Å². The third kappa shape index (κ3) is 3.16. The van der Waals surface area contributed by atoms with Crippen molar-refractivity contribution in [2.45, 2.75) is 26.2 Å². The van der Waals surface area contributed by atoms with E-state index < -0.39 is 5.97 Å². The summed E-state index contributed by atoms with van der Waals surface area (Å²) in [6.07, 6.45) is 2.89. The number of rotatable bonds is 5. The van der Waals surface area contributed by atoms with E-state index >= 15 is 0 Å². The average molecular weight is 246 g/mol. The lowest BCUT2D eigenvalue weighted by Gasteiger charge is -2.00. The van der Waals surface area contributed by atoms with E-state index in [1.54, 1.807) is 12.3 Å². The molecule has 0 saturated carbocycles. The van der Waals surface area contributed by atoms with Gasteiger partial charge in [0.1, 0.15) is 17.3 Å². The second-order valence-electron chi connectivity index (χ2n) is 4.02. The summed E-state index contributed by atoms with van der Waals surface area (Å²) in [6.45, 7) is 1.87. The minimum Gasteiger partial charge on any atom is -0.481 e. The maximum Gasteiger partial charge on any atom is 0.303 e. The van der Waals surface area contributed by atoms with Gasteiger partial charge in [-0.2, -0.15) is 0 Å². The van der Waals surface area contributed by atoms with Crippen LogP contribution in [0.3, 0.4) is 0 Å². The van der Waals surface area contributed by atoms with Crippen LogP contribution in [0.15, 0.2) is 28.8 Å². The summed E-state index contributed by atoms with van der Waals surface area (Å²) in [7, 11) is 0. The van der Waals surface area contributed by atoms with E-state index in [1.807, 2.05) is 19.1 Å². The number of aryl methyl sites for hydroxylation is 2. The van der Waals surface area contributed by atoms with Crippen LogP contribution in [0.1, 0.15) is 24.4 Å². The van der Waals surface area contributed by atoms with Gasteiger partial charge in [0.25, 0.3) is 0 Å². The molecule has 0 aliphatic carbocycles. The summed E-state index contributed by atoms with van der Waals surface area (Å²) in [5, 5.41) is 8.57. The topological polar surface area (TPSA) is 76.2 Å². The van der Waals surface area contributed by atoms with Gasteiger partial charge in [0.15, 0.2) is 5.76 Å². The molecule has 0 saturated heterocycles. The summed E-state index contributed by atoms with van der Waals surface area (Å²) in [4.78, 5) is 18.9. The monoisotopic (exact) mass is 246 g/mol. The first-order valence-corrected chi connectivity index (χ1v) is 5.75. The lowest BCUT2D eigenvalue weighted by molar-refractivity contribution is -0.137. The van der Waals surface area contributed by atoms with E-state index in [-0.39, 0.29) is 6.42 Å². The number of nitrogens with zero attached hydrogens (tertiary/aromatic N) is 2. The molecule has 94 valence electrons. The highest BCUT2D eigenvalue weighted by molar-refractivity contribution is 5.66. The van der Waals surface area contributed by atoms with E-state index in [9.17, 15) is 4.79 Å². The first kappa shape index (κ1) is 12.3. The molecule has 2 rings (SSSR count). The second kappa shape index (κ2) is 5.44. The fourth-order valence-electron chi connectivity index (χ4n) is 1.63. The van der Waals surface area contributed by atoms with Crippen LogP contribution < -0.4 is 0 Å². The summed E-state index contributed by atoms with van der Waals surface area (Å²) in [6, 6.07) is 5.51. The van der Waals surface area contributed by atoms with Gasteiger partial charge in [0.05, 0.1) is 0 Å². The zero-order chi connectivity index (χ0) is 13.0. The average Bonchev–Trinajstić information content (AvgIpc) is 2.76. The van der Waals surface area contributed by atoms with Gasteiger partial charge in [0.2, 0.25) is 0 Å². The van der Waals surface area contributed by atoms with Crippen molar-refractivity contribution < 1.29 is 14.3 Å². The van der Waals surface area contributed by atoms with Crippen LogP contribution in [0.4, 0.5) is 0 Å². The SMILES string of the molecule is Cc1ccc(-c2ccnc(CCCC(=O)O)n2)o1. The van der Waals surface area contributed by atoms with E-state index in [2.05, 4.69) is 9.97 Å². The predicted molar refractivity (Wildman–Crippen MR) is 65.0 cm³/mol. The van der Waals surface area contributed by atoms with Gasteiger partial charge in [-0.15, -0.1) is 0 Å². The number of furan rings is 1. The molecule has 0 bridgehead atoms. The van der Waals surface area contributed by atoms with Crippen LogP contribution >= 0.6 is 0 Å². The Labute approximate surface area is 105 Å². The van der Waals surface area contributed by atoms with Gasteiger partial charge >= 0.3 is 5.97 Å². The maximum atomic E-state index is 10.4. The number of hydrogen-bond acceptors (Lipinski definition) is 4. The summed E-state index contributed by atoms with van der Waals surface area (Å²) < 4.78 is 5.48. The minimum absolute atomic E-state index is 0.132. The zero-order valence-electron chi connectivity index (χ0n) is 10.1. The number of hydrogen-bond donors (Lipinski definition) is 1. The highest BCUT2D eigenvalue weighted by atomic mass is 16.4. The van der Waals surface area contributed by atoms with Crippen molar-refractivity contribution in [1.82, 2.24) is 9.97 Å². The fourth-order valence-corrected chi connectivity index (χ4v) is 1.63. The quantitative estimate of drug-likeness (QED) is 0.876. The van der Waals surface area contributed by atoms with Crippen molar-refractivity contribution in [2.24, 2.45) is 0 Å². The predicted octanol–water partition coefficient (Wildman–Crippen LogP) is 2.45. The van der Waals surface area contributed by atoms with Gasteiger partial charge in [0, 0.05) is 19.0 Å². The normalized spacial score (nSPS) is 10.5. The summed E-state index contributed by atoms with van der Waals surface area (Å²) >= 11 is 0. The number of carboxylic acids is 1. The van der Waals surface area contributed by atoms with Crippen molar-refractivity contribution in [3.8, 4) is 11.5 Å². The zero-order valence-corrected chi connectivity index (χ0v) is 10.1. The molecule has 1 N–H and O–H groups in total. The summed E-state index contributed by atoms with van der Waals surface area (Å²) in [5.41, 5.74) is 0.725. The third-order valence-corrected chi connectivity index (χ3v) is 2.49. The minimum atomic E-state index is -0.798. The standard InChI is InChI=1S/C13H14N2O3/c1-9-5-6-11(18-9)10-7-8-14-12(15-10)3-2-4-13(16)17/h5-8H,2-4H2,1H3,(H,16,17). The molecule has 0 atom stereocenters. The van der Waals surface area contributed by atoms with Gasteiger partial charge in [-0.3, -0.25) is 4.79 Å². The molecular weight excluding hydrogens is 232 g/mol. The van der Waals surface area contributed by atoms with Crippen LogP contribution in [0.2, 0.25) is 0 Å². The molecule has 0 fully saturated rings. The number of aliphatic carboxylic acids is 1.